The van der Waals surface area contributed by atoms with Gasteiger partial charge in [0.2, 0.25) is 5.91 Å². The molecule has 0 aliphatic carbocycles. The number of anilines is 1. The number of fused-ring (bicyclic) bond motifs is 2. The fourth-order valence-electron chi connectivity index (χ4n) is 4.24. The second-order valence-electron chi connectivity index (χ2n) is 8.13. The molecule has 1 amide bonds. The maximum Gasteiger partial charge on any atom is 0.224 e. The van der Waals surface area contributed by atoms with Crippen LogP contribution in [0.4, 0.5) is 5.69 Å². The molecule has 158 valence electrons. The molecule has 0 spiro atoms. The van der Waals surface area contributed by atoms with E-state index in [-0.39, 0.29) is 5.91 Å². The van der Waals surface area contributed by atoms with Gasteiger partial charge in [0, 0.05) is 28.4 Å². The summed E-state index contributed by atoms with van der Waals surface area (Å²) in [5.74, 6) is 0.0459. The highest BCUT2D eigenvalue weighted by molar-refractivity contribution is 5.93. The molecule has 2 N–H and O–H groups in total. The number of carbonyl (C=O) groups is 1. The fourth-order valence-corrected chi connectivity index (χ4v) is 4.24. The molecule has 0 aliphatic heterocycles. The smallest absolute Gasteiger partial charge is 0.224 e. The van der Waals surface area contributed by atoms with Crippen molar-refractivity contribution in [3.8, 4) is 11.4 Å². The summed E-state index contributed by atoms with van der Waals surface area (Å²) in [6.07, 6.45) is 2.04. The van der Waals surface area contributed by atoms with Crippen LogP contribution in [0.25, 0.3) is 33.2 Å². The van der Waals surface area contributed by atoms with Gasteiger partial charge >= 0.3 is 0 Å². The zero-order valence-electron chi connectivity index (χ0n) is 18.1. The van der Waals surface area contributed by atoms with Crippen LogP contribution in [-0.2, 0) is 11.2 Å². The summed E-state index contributed by atoms with van der Waals surface area (Å²) in [7, 11) is 0. The van der Waals surface area contributed by atoms with E-state index < -0.39 is 0 Å². The second-order valence-corrected chi connectivity index (χ2v) is 8.13. The van der Waals surface area contributed by atoms with Crippen LogP contribution in [0, 0.1) is 6.92 Å². The summed E-state index contributed by atoms with van der Waals surface area (Å²) in [6, 6.07) is 28.5. The molecule has 0 saturated carbocycles. The van der Waals surface area contributed by atoms with Gasteiger partial charge in [0.15, 0.2) is 0 Å². The minimum absolute atomic E-state index is 0.0459. The van der Waals surface area contributed by atoms with Crippen LogP contribution < -0.4 is 5.32 Å². The number of nitrogens with zero attached hydrogens (tertiary/aromatic N) is 1. The molecule has 5 aromatic rings. The van der Waals surface area contributed by atoms with Gasteiger partial charge < -0.3 is 10.3 Å². The van der Waals surface area contributed by atoms with Crippen molar-refractivity contribution < 1.29 is 4.79 Å². The molecular formula is C28H25N3O. The number of pyridine rings is 1. The Labute approximate surface area is 187 Å². The Hall–Kier alpha value is -3.92. The highest BCUT2D eigenvalue weighted by Gasteiger charge is 2.15. The number of hydrogen-bond acceptors (Lipinski definition) is 2. The van der Waals surface area contributed by atoms with Crippen LogP contribution in [0.3, 0.4) is 0 Å². The van der Waals surface area contributed by atoms with E-state index in [1.165, 1.54) is 10.9 Å². The molecule has 0 unspecified atom stereocenters. The van der Waals surface area contributed by atoms with Gasteiger partial charge in [-0.1, -0.05) is 60.7 Å². The highest BCUT2D eigenvalue weighted by atomic mass is 16.1. The number of nitrogens with one attached hydrogen (secondary N) is 2. The lowest BCUT2D eigenvalue weighted by atomic mass is 10.0. The second kappa shape index (κ2) is 8.67. The van der Waals surface area contributed by atoms with Gasteiger partial charge in [0.1, 0.15) is 0 Å². The molecule has 2 aromatic heterocycles. The standard InChI is InChI=1S/C28H25N3O/c1-19-9-2-5-13-23(19)30-27(32)16-8-12-22-21-11-4-7-15-25(21)31-28(22)26-18-17-20-10-3-6-14-24(20)29-26/h2-7,9-11,13-15,17-18,31H,8,12,16H2,1H3,(H,30,32). The number of aryl methyl sites for hydroxylation is 2. The molecule has 32 heavy (non-hydrogen) atoms. The number of aromatic amines is 1. The van der Waals surface area contributed by atoms with Crippen molar-refractivity contribution in [2.24, 2.45) is 0 Å². The predicted molar refractivity (Wildman–Crippen MR) is 132 cm³/mol. The molecule has 5 rings (SSSR count). The number of rotatable bonds is 6. The summed E-state index contributed by atoms with van der Waals surface area (Å²) in [6.45, 7) is 2.00. The van der Waals surface area contributed by atoms with Gasteiger partial charge in [-0.3, -0.25) is 4.79 Å². The molecular weight excluding hydrogens is 394 g/mol. The maximum atomic E-state index is 12.5. The number of benzene rings is 3. The normalized spacial score (nSPS) is 11.2. The zero-order chi connectivity index (χ0) is 21.9. The van der Waals surface area contributed by atoms with Crippen LogP contribution >= 0.6 is 0 Å². The fraction of sp³-hybridized carbons (Fsp3) is 0.143. The monoisotopic (exact) mass is 419 g/mol. The Kier molecular flexibility index (Phi) is 5.42. The van der Waals surface area contributed by atoms with Gasteiger partial charge in [-0.05, 0) is 55.2 Å². The molecule has 0 bridgehead atoms. The summed E-state index contributed by atoms with van der Waals surface area (Å²) >= 11 is 0. The molecule has 0 fully saturated rings. The van der Waals surface area contributed by atoms with Crippen molar-refractivity contribution in [3.05, 3.63) is 96.1 Å². The van der Waals surface area contributed by atoms with E-state index in [2.05, 4.69) is 46.7 Å². The van der Waals surface area contributed by atoms with Gasteiger partial charge in [0.05, 0.1) is 16.9 Å². The molecule has 4 nitrogen and oxygen atoms in total. The van der Waals surface area contributed by atoms with Gasteiger partial charge in [-0.15, -0.1) is 0 Å². The van der Waals surface area contributed by atoms with E-state index >= 15 is 0 Å². The summed E-state index contributed by atoms with van der Waals surface area (Å²) < 4.78 is 0. The van der Waals surface area contributed by atoms with Crippen molar-refractivity contribution in [1.82, 2.24) is 9.97 Å². The lowest BCUT2D eigenvalue weighted by Crippen LogP contribution is -2.12. The largest absolute Gasteiger partial charge is 0.353 e. The minimum Gasteiger partial charge on any atom is -0.353 e. The highest BCUT2D eigenvalue weighted by Crippen LogP contribution is 2.31. The van der Waals surface area contributed by atoms with Crippen LogP contribution in [-0.4, -0.2) is 15.9 Å². The summed E-state index contributed by atoms with van der Waals surface area (Å²) in [5.41, 5.74) is 7.21. The van der Waals surface area contributed by atoms with E-state index in [0.717, 1.165) is 51.9 Å². The van der Waals surface area contributed by atoms with Gasteiger partial charge in [0.25, 0.3) is 0 Å². The number of amides is 1. The molecule has 0 aliphatic rings. The van der Waals surface area contributed by atoms with E-state index in [1.54, 1.807) is 0 Å². The molecule has 3 aromatic carbocycles. The third-order valence-electron chi connectivity index (χ3n) is 5.92. The number of H-pyrrole nitrogens is 1. The van der Waals surface area contributed by atoms with Crippen molar-refractivity contribution >= 4 is 33.4 Å². The van der Waals surface area contributed by atoms with Crippen LogP contribution in [0.1, 0.15) is 24.0 Å². The van der Waals surface area contributed by atoms with Crippen LogP contribution in [0.5, 0.6) is 0 Å². The number of aromatic nitrogens is 2. The van der Waals surface area contributed by atoms with Gasteiger partial charge in [-0.25, -0.2) is 4.98 Å². The Balaban J connectivity index is 1.39. The number of carbonyl (C=O) groups excluding carboxylic acids is 1. The first-order valence-corrected chi connectivity index (χ1v) is 11.0. The van der Waals surface area contributed by atoms with E-state index in [0.29, 0.717) is 6.42 Å². The number of para-hydroxylation sites is 3. The van der Waals surface area contributed by atoms with Crippen molar-refractivity contribution in [2.75, 3.05) is 5.32 Å². The van der Waals surface area contributed by atoms with Crippen LogP contribution in [0.2, 0.25) is 0 Å². The third kappa shape index (κ3) is 4.00. The van der Waals surface area contributed by atoms with Crippen LogP contribution in [0.15, 0.2) is 84.9 Å². The predicted octanol–water partition coefficient (Wildman–Crippen LogP) is 6.65. The first kappa shape index (κ1) is 20.0. The van der Waals surface area contributed by atoms with E-state index in [4.69, 9.17) is 4.98 Å². The lowest BCUT2D eigenvalue weighted by Gasteiger charge is -2.09. The van der Waals surface area contributed by atoms with Gasteiger partial charge in [-0.2, -0.15) is 0 Å². The van der Waals surface area contributed by atoms with Crippen molar-refractivity contribution in [3.63, 3.8) is 0 Å². The van der Waals surface area contributed by atoms with Crippen molar-refractivity contribution in [2.45, 2.75) is 26.2 Å². The summed E-state index contributed by atoms with van der Waals surface area (Å²) in [5, 5.41) is 5.35. The molecule has 0 saturated heterocycles. The first-order chi connectivity index (χ1) is 15.7. The Bertz CT molecular complexity index is 1420. The molecule has 0 radical (unpaired) electrons. The average molecular weight is 420 g/mol. The topological polar surface area (TPSA) is 57.8 Å². The quantitative estimate of drug-likeness (QED) is 0.324. The minimum atomic E-state index is 0.0459. The number of hydrogen-bond donors (Lipinski definition) is 2. The van der Waals surface area contributed by atoms with Crippen molar-refractivity contribution in [1.29, 1.82) is 0 Å². The Morgan fingerprint density at radius 2 is 1.69 bits per heavy atom. The Morgan fingerprint density at radius 3 is 2.59 bits per heavy atom. The third-order valence-corrected chi connectivity index (χ3v) is 5.92. The average Bonchev–Trinajstić information content (AvgIpc) is 3.19. The first-order valence-electron chi connectivity index (χ1n) is 11.0. The lowest BCUT2D eigenvalue weighted by molar-refractivity contribution is -0.116. The summed E-state index contributed by atoms with van der Waals surface area (Å²) in [4.78, 5) is 21.0. The SMILES string of the molecule is Cc1ccccc1NC(=O)CCCc1c(-c2ccc3ccccc3n2)[nH]c2ccccc12. The molecule has 2 heterocycles. The zero-order valence-corrected chi connectivity index (χ0v) is 18.1. The maximum absolute atomic E-state index is 12.5. The van der Waals surface area contributed by atoms with E-state index in [9.17, 15) is 4.79 Å². The Morgan fingerprint density at radius 1 is 0.906 bits per heavy atom. The van der Waals surface area contributed by atoms with E-state index in [1.807, 2.05) is 55.5 Å². The molecule has 4 heteroatoms. The molecule has 0 atom stereocenters.